The fourth-order valence-corrected chi connectivity index (χ4v) is 2.46. The minimum absolute atomic E-state index is 0.448. The summed E-state index contributed by atoms with van der Waals surface area (Å²) in [4.78, 5) is 0. The van der Waals surface area contributed by atoms with Gasteiger partial charge < -0.3 is 5.32 Å². The highest BCUT2D eigenvalue weighted by molar-refractivity contribution is 5.30. The normalized spacial score (nSPS) is 17.9. The maximum absolute atomic E-state index is 3.69. The van der Waals surface area contributed by atoms with Crippen LogP contribution in [0, 0.1) is 13.8 Å². The van der Waals surface area contributed by atoms with Crippen molar-refractivity contribution in [3.05, 3.63) is 47.0 Å². The van der Waals surface area contributed by atoms with E-state index >= 15 is 0 Å². The molecule has 1 atom stereocenters. The van der Waals surface area contributed by atoms with Gasteiger partial charge in [-0.1, -0.05) is 41.5 Å². The van der Waals surface area contributed by atoms with Crippen molar-refractivity contribution in [1.29, 1.82) is 0 Å². The van der Waals surface area contributed by atoms with Crippen LogP contribution in [0.3, 0.4) is 0 Å². The molecular weight excluding hydrogens is 194 g/mol. The molecule has 0 fully saturated rings. The second-order valence-corrected chi connectivity index (χ2v) is 4.95. The van der Waals surface area contributed by atoms with E-state index in [0.29, 0.717) is 12.1 Å². The van der Waals surface area contributed by atoms with Crippen molar-refractivity contribution >= 4 is 0 Å². The number of benzene rings is 1. The average molecular weight is 215 g/mol. The van der Waals surface area contributed by atoms with E-state index in [2.05, 4.69) is 56.4 Å². The van der Waals surface area contributed by atoms with Crippen LogP contribution in [0.2, 0.25) is 0 Å². The Bertz CT molecular complexity index is 364. The summed E-state index contributed by atoms with van der Waals surface area (Å²) < 4.78 is 0. The van der Waals surface area contributed by atoms with Gasteiger partial charge in [-0.15, -0.1) is 0 Å². The summed E-state index contributed by atoms with van der Waals surface area (Å²) in [6.45, 7) is 6.59. The van der Waals surface area contributed by atoms with Gasteiger partial charge in [-0.25, -0.2) is 0 Å². The number of hydrogen-bond donors (Lipinski definition) is 1. The Kier molecular flexibility index (Phi) is 3.45. The third-order valence-electron chi connectivity index (χ3n) is 3.24. The van der Waals surface area contributed by atoms with Gasteiger partial charge in [-0.2, -0.15) is 0 Å². The molecule has 2 rings (SSSR count). The van der Waals surface area contributed by atoms with E-state index < -0.39 is 0 Å². The Morgan fingerprint density at radius 2 is 1.62 bits per heavy atom. The van der Waals surface area contributed by atoms with Gasteiger partial charge >= 0.3 is 0 Å². The van der Waals surface area contributed by atoms with E-state index in [1.807, 2.05) is 0 Å². The van der Waals surface area contributed by atoms with Crippen LogP contribution >= 0.6 is 0 Å². The van der Waals surface area contributed by atoms with Gasteiger partial charge in [0.05, 0.1) is 0 Å². The predicted molar refractivity (Wildman–Crippen MR) is 69.6 cm³/mol. The second kappa shape index (κ2) is 4.84. The Morgan fingerprint density at radius 3 is 2.19 bits per heavy atom. The highest BCUT2D eigenvalue weighted by atomic mass is 14.9. The van der Waals surface area contributed by atoms with Crippen molar-refractivity contribution in [3.63, 3.8) is 0 Å². The molecule has 1 nitrogen and oxygen atoms in total. The van der Waals surface area contributed by atoms with Crippen LogP contribution in [-0.2, 0) is 0 Å². The third kappa shape index (κ3) is 2.73. The topological polar surface area (TPSA) is 12.0 Å². The van der Waals surface area contributed by atoms with Crippen molar-refractivity contribution in [2.75, 3.05) is 0 Å². The van der Waals surface area contributed by atoms with Crippen molar-refractivity contribution in [1.82, 2.24) is 5.32 Å². The first-order chi connectivity index (χ1) is 7.65. The first kappa shape index (κ1) is 11.4. The molecule has 1 unspecified atom stereocenters. The van der Waals surface area contributed by atoms with E-state index in [-0.39, 0.29) is 0 Å². The lowest BCUT2D eigenvalue weighted by Crippen LogP contribution is -2.29. The van der Waals surface area contributed by atoms with Gasteiger partial charge in [0, 0.05) is 12.1 Å². The Labute approximate surface area is 98.6 Å². The molecule has 0 aliphatic heterocycles. The molecule has 0 aromatic heterocycles. The molecule has 0 bridgehead atoms. The van der Waals surface area contributed by atoms with E-state index in [4.69, 9.17) is 0 Å². The number of rotatable bonds is 3. The van der Waals surface area contributed by atoms with E-state index in [1.54, 1.807) is 0 Å². The molecule has 0 radical (unpaired) electrons. The van der Waals surface area contributed by atoms with Crippen LogP contribution in [0.4, 0.5) is 0 Å². The molecule has 16 heavy (non-hydrogen) atoms. The first-order valence-electron chi connectivity index (χ1n) is 6.14. The molecule has 0 saturated heterocycles. The molecular formula is C15H21N. The van der Waals surface area contributed by atoms with Gasteiger partial charge in [-0.3, -0.25) is 0 Å². The molecule has 0 spiro atoms. The molecule has 1 aliphatic rings. The van der Waals surface area contributed by atoms with E-state index in [9.17, 15) is 0 Å². The standard InChI is InChI=1S/C15H21N/c1-11-8-12(2)10-14(9-11)13(3)16-15-6-4-5-7-15/h4-5,8-10,13,15-16H,6-7H2,1-3H3. The SMILES string of the molecule is Cc1cc(C)cc(C(C)NC2CC=CC2)c1. The minimum atomic E-state index is 0.448. The quantitative estimate of drug-likeness (QED) is 0.759. The van der Waals surface area contributed by atoms with Crippen LogP contribution in [0.15, 0.2) is 30.4 Å². The van der Waals surface area contributed by atoms with Gasteiger partial charge in [0.25, 0.3) is 0 Å². The van der Waals surface area contributed by atoms with Crippen molar-refractivity contribution in [2.45, 2.75) is 45.7 Å². The molecule has 1 aromatic carbocycles. The lowest BCUT2D eigenvalue weighted by molar-refractivity contribution is 0.471. The fraction of sp³-hybridized carbons (Fsp3) is 0.467. The molecule has 1 aliphatic carbocycles. The largest absolute Gasteiger partial charge is 0.307 e. The number of aryl methyl sites for hydroxylation is 2. The highest BCUT2D eigenvalue weighted by Crippen LogP contribution is 2.19. The van der Waals surface area contributed by atoms with E-state index in [0.717, 1.165) is 0 Å². The van der Waals surface area contributed by atoms with Crippen LogP contribution in [-0.4, -0.2) is 6.04 Å². The molecule has 1 heteroatoms. The molecule has 0 heterocycles. The van der Waals surface area contributed by atoms with Crippen molar-refractivity contribution < 1.29 is 0 Å². The van der Waals surface area contributed by atoms with E-state index in [1.165, 1.54) is 29.5 Å². The van der Waals surface area contributed by atoms with Gasteiger partial charge in [0.2, 0.25) is 0 Å². The summed E-state index contributed by atoms with van der Waals surface area (Å²) in [6, 6.07) is 7.88. The predicted octanol–water partition coefficient (Wildman–Crippen LogP) is 3.67. The lowest BCUT2D eigenvalue weighted by atomic mass is 10.0. The van der Waals surface area contributed by atoms with Crippen LogP contribution in [0.25, 0.3) is 0 Å². The minimum Gasteiger partial charge on any atom is -0.307 e. The average Bonchev–Trinajstić information content (AvgIpc) is 2.68. The van der Waals surface area contributed by atoms with Crippen LogP contribution in [0.5, 0.6) is 0 Å². The summed E-state index contributed by atoms with van der Waals surface area (Å²) in [5, 5.41) is 3.69. The smallest absolute Gasteiger partial charge is 0.0294 e. The highest BCUT2D eigenvalue weighted by Gasteiger charge is 2.14. The zero-order valence-corrected chi connectivity index (χ0v) is 10.5. The lowest BCUT2D eigenvalue weighted by Gasteiger charge is -2.20. The summed E-state index contributed by atoms with van der Waals surface area (Å²) >= 11 is 0. The molecule has 1 aromatic rings. The van der Waals surface area contributed by atoms with Crippen molar-refractivity contribution in [3.8, 4) is 0 Å². The van der Waals surface area contributed by atoms with Gasteiger partial charge in [0.15, 0.2) is 0 Å². The summed E-state index contributed by atoms with van der Waals surface area (Å²) in [5.74, 6) is 0. The maximum Gasteiger partial charge on any atom is 0.0294 e. The first-order valence-corrected chi connectivity index (χ1v) is 6.14. The molecule has 86 valence electrons. The van der Waals surface area contributed by atoms with Gasteiger partial charge in [0.1, 0.15) is 0 Å². The Morgan fingerprint density at radius 1 is 1.06 bits per heavy atom. The third-order valence-corrected chi connectivity index (χ3v) is 3.24. The summed E-state index contributed by atoms with van der Waals surface area (Å²) in [5.41, 5.74) is 4.12. The zero-order valence-electron chi connectivity index (χ0n) is 10.5. The molecule has 0 saturated carbocycles. The number of nitrogens with one attached hydrogen (secondary N) is 1. The molecule has 1 N–H and O–H groups in total. The summed E-state index contributed by atoms with van der Waals surface area (Å²) in [7, 11) is 0. The van der Waals surface area contributed by atoms with Gasteiger partial charge in [-0.05, 0) is 39.2 Å². The Hall–Kier alpha value is -1.08. The van der Waals surface area contributed by atoms with Crippen LogP contribution in [0.1, 0.15) is 42.5 Å². The van der Waals surface area contributed by atoms with Crippen LogP contribution < -0.4 is 5.32 Å². The Balaban J connectivity index is 2.04. The van der Waals surface area contributed by atoms with Crippen molar-refractivity contribution in [2.24, 2.45) is 0 Å². The monoisotopic (exact) mass is 215 g/mol. The second-order valence-electron chi connectivity index (χ2n) is 4.95. The zero-order chi connectivity index (χ0) is 11.5. The maximum atomic E-state index is 3.69. The fourth-order valence-electron chi connectivity index (χ4n) is 2.46. The summed E-state index contributed by atoms with van der Waals surface area (Å²) in [6.07, 6.45) is 6.89. The number of hydrogen-bond acceptors (Lipinski definition) is 1. The molecule has 0 amide bonds.